The number of rotatable bonds is 3. The van der Waals surface area contributed by atoms with Crippen molar-refractivity contribution in [3.63, 3.8) is 0 Å². The Bertz CT molecular complexity index is 396. The second kappa shape index (κ2) is 4.59. The summed E-state index contributed by atoms with van der Waals surface area (Å²) in [6.07, 6.45) is 0. The van der Waals surface area contributed by atoms with Gasteiger partial charge >= 0.3 is 5.97 Å². The van der Waals surface area contributed by atoms with Crippen LogP contribution in [-0.4, -0.2) is 18.9 Å². The van der Waals surface area contributed by atoms with E-state index in [0.717, 1.165) is 0 Å². The molecule has 15 heavy (non-hydrogen) atoms. The van der Waals surface area contributed by atoms with Crippen molar-refractivity contribution < 1.29 is 19.1 Å². The molecule has 0 atom stereocenters. The predicted octanol–water partition coefficient (Wildman–Crippen LogP) is 1.82. The van der Waals surface area contributed by atoms with Crippen LogP contribution >= 0.6 is 0 Å². The number of Topliss-reactive ketones (excluding diaryl/α,β-unsaturated/α-hetero) is 1. The number of carbonyl (C=O) groups is 2. The number of carbonyl (C=O) groups excluding carboxylic acids is 2. The molecule has 1 aromatic rings. The molecule has 1 aromatic carbocycles. The standard InChI is InChI=1S/C11H12O4/c1-7(12)10-5-4-9(15-8(2)13)6-11(10)14-3/h4-6H,1-3H3. The van der Waals surface area contributed by atoms with Gasteiger partial charge < -0.3 is 9.47 Å². The van der Waals surface area contributed by atoms with E-state index in [1.54, 1.807) is 12.1 Å². The Hall–Kier alpha value is -1.84. The second-order valence-electron chi connectivity index (χ2n) is 3.01. The van der Waals surface area contributed by atoms with Gasteiger partial charge in [-0.2, -0.15) is 0 Å². The minimum Gasteiger partial charge on any atom is -0.496 e. The van der Waals surface area contributed by atoms with Gasteiger partial charge in [-0.3, -0.25) is 9.59 Å². The molecule has 0 amide bonds. The van der Waals surface area contributed by atoms with Gasteiger partial charge in [0.1, 0.15) is 11.5 Å². The van der Waals surface area contributed by atoms with Gasteiger partial charge in [0.2, 0.25) is 0 Å². The normalized spacial score (nSPS) is 9.53. The van der Waals surface area contributed by atoms with Crippen LogP contribution in [0.2, 0.25) is 0 Å². The summed E-state index contributed by atoms with van der Waals surface area (Å²) in [6, 6.07) is 4.64. The Morgan fingerprint density at radius 3 is 2.33 bits per heavy atom. The van der Waals surface area contributed by atoms with Crippen molar-refractivity contribution in [2.24, 2.45) is 0 Å². The van der Waals surface area contributed by atoms with Crippen molar-refractivity contribution >= 4 is 11.8 Å². The topological polar surface area (TPSA) is 52.6 Å². The number of hydrogen-bond donors (Lipinski definition) is 0. The molecule has 0 aliphatic carbocycles. The Morgan fingerprint density at radius 1 is 1.20 bits per heavy atom. The summed E-state index contributed by atoms with van der Waals surface area (Å²) in [5, 5.41) is 0. The maximum absolute atomic E-state index is 11.2. The lowest BCUT2D eigenvalue weighted by molar-refractivity contribution is -0.131. The Morgan fingerprint density at radius 2 is 1.87 bits per heavy atom. The van der Waals surface area contributed by atoms with Crippen LogP contribution < -0.4 is 9.47 Å². The molecule has 0 radical (unpaired) electrons. The van der Waals surface area contributed by atoms with E-state index in [9.17, 15) is 9.59 Å². The highest BCUT2D eigenvalue weighted by molar-refractivity contribution is 5.97. The molecule has 0 heterocycles. The zero-order chi connectivity index (χ0) is 11.4. The fraction of sp³-hybridized carbons (Fsp3) is 0.273. The molecule has 0 bridgehead atoms. The van der Waals surface area contributed by atoms with Gasteiger partial charge in [-0.15, -0.1) is 0 Å². The number of hydrogen-bond acceptors (Lipinski definition) is 4. The first-order valence-corrected chi connectivity index (χ1v) is 4.42. The molecule has 0 N–H and O–H groups in total. The Labute approximate surface area is 87.8 Å². The van der Waals surface area contributed by atoms with Crippen LogP contribution in [0.1, 0.15) is 24.2 Å². The molecule has 0 aliphatic heterocycles. The average molecular weight is 208 g/mol. The van der Waals surface area contributed by atoms with E-state index in [1.165, 1.54) is 27.0 Å². The number of methoxy groups -OCH3 is 1. The van der Waals surface area contributed by atoms with Crippen molar-refractivity contribution in [2.45, 2.75) is 13.8 Å². The molecular weight excluding hydrogens is 196 g/mol. The second-order valence-corrected chi connectivity index (χ2v) is 3.01. The highest BCUT2D eigenvalue weighted by Crippen LogP contribution is 2.25. The van der Waals surface area contributed by atoms with Crippen LogP contribution in [0.3, 0.4) is 0 Å². The van der Waals surface area contributed by atoms with Gasteiger partial charge in [-0.25, -0.2) is 0 Å². The van der Waals surface area contributed by atoms with E-state index in [4.69, 9.17) is 9.47 Å². The zero-order valence-electron chi connectivity index (χ0n) is 8.87. The van der Waals surface area contributed by atoms with Crippen LogP contribution in [0.25, 0.3) is 0 Å². The number of benzene rings is 1. The van der Waals surface area contributed by atoms with E-state index in [2.05, 4.69) is 0 Å². The van der Waals surface area contributed by atoms with Gasteiger partial charge in [0.15, 0.2) is 5.78 Å². The molecular formula is C11H12O4. The molecule has 0 saturated carbocycles. The third-order valence-corrected chi connectivity index (χ3v) is 1.81. The lowest BCUT2D eigenvalue weighted by Crippen LogP contribution is -2.03. The van der Waals surface area contributed by atoms with Gasteiger partial charge in [0.25, 0.3) is 0 Å². The summed E-state index contributed by atoms with van der Waals surface area (Å²) in [6.45, 7) is 2.76. The number of esters is 1. The van der Waals surface area contributed by atoms with E-state index < -0.39 is 5.97 Å². The summed E-state index contributed by atoms with van der Waals surface area (Å²) in [4.78, 5) is 21.9. The third-order valence-electron chi connectivity index (χ3n) is 1.81. The molecule has 0 spiro atoms. The molecule has 4 heteroatoms. The van der Waals surface area contributed by atoms with Gasteiger partial charge in [0.05, 0.1) is 12.7 Å². The van der Waals surface area contributed by atoms with Crippen molar-refractivity contribution in [1.82, 2.24) is 0 Å². The van der Waals surface area contributed by atoms with Crippen LogP contribution in [0, 0.1) is 0 Å². The summed E-state index contributed by atoms with van der Waals surface area (Å²) in [7, 11) is 1.46. The Balaban J connectivity index is 3.07. The van der Waals surface area contributed by atoms with Crippen molar-refractivity contribution in [3.8, 4) is 11.5 Å². The first-order valence-electron chi connectivity index (χ1n) is 4.42. The quantitative estimate of drug-likeness (QED) is 0.432. The van der Waals surface area contributed by atoms with E-state index in [0.29, 0.717) is 17.1 Å². The molecule has 1 rings (SSSR count). The predicted molar refractivity (Wildman–Crippen MR) is 54.3 cm³/mol. The SMILES string of the molecule is COc1cc(OC(C)=O)ccc1C(C)=O. The van der Waals surface area contributed by atoms with E-state index in [1.807, 2.05) is 0 Å². The largest absolute Gasteiger partial charge is 0.496 e. The molecule has 80 valence electrons. The lowest BCUT2D eigenvalue weighted by atomic mass is 10.1. The van der Waals surface area contributed by atoms with Gasteiger partial charge in [0, 0.05) is 13.0 Å². The van der Waals surface area contributed by atoms with Crippen LogP contribution in [0.5, 0.6) is 11.5 Å². The smallest absolute Gasteiger partial charge is 0.308 e. The van der Waals surface area contributed by atoms with Crippen LogP contribution in [0.15, 0.2) is 18.2 Å². The van der Waals surface area contributed by atoms with Crippen LogP contribution in [-0.2, 0) is 4.79 Å². The summed E-state index contributed by atoms with van der Waals surface area (Å²) in [5.74, 6) is 0.263. The molecule has 0 fully saturated rings. The number of ketones is 1. The molecule has 0 unspecified atom stereocenters. The summed E-state index contributed by atoms with van der Waals surface area (Å²) in [5.41, 5.74) is 0.466. The van der Waals surface area contributed by atoms with Crippen molar-refractivity contribution in [2.75, 3.05) is 7.11 Å². The maximum atomic E-state index is 11.2. The van der Waals surface area contributed by atoms with Crippen LogP contribution in [0.4, 0.5) is 0 Å². The minimum atomic E-state index is -0.410. The van der Waals surface area contributed by atoms with Crippen molar-refractivity contribution in [3.05, 3.63) is 23.8 Å². The highest BCUT2D eigenvalue weighted by Gasteiger charge is 2.09. The minimum absolute atomic E-state index is 0.0961. The summed E-state index contributed by atoms with van der Waals surface area (Å²) >= 11 is 0. The summed E-state index contributed by atoms with van der Waals surface area (Å²) < 4.78 is 9.88. The monoisotopic (exact) mass is 208 g/mol. The molecule has 4 nitrogen and oxygen atoms in total. The first-order chi connectivity index (χ1) is 7.04. The Kier molecular flexibility index (Phi) is 3.44. The lowest BCUT2D eigenvalue weighted by Gasteiger charge is -2.07. The van der Waals surface area contributed by atoms with Gasteiger partial charge in [-0.05, 0) is 19.1 Å². The highest BCUT2D eigenvalue weighted by atomic mass is 16.5. The van der Waals surface area contributed by atoms with E-state index in [-0.39, 0.29) is 5.78 Å². The molecule has 0 aliphatic rings. The third kappa shape index (κ3) is 2.80. The molecule has 0 saturated heterocycles. The fourth-order valence-corrected chi connectivity index (χ4v) is 1.19. The number of ether oxygens (including phenoxy) is 2. The molecule has 0 aromatic heterocycles. The first kappa shape index (κ1) is 11.2. The van der Waals surface area contributed by atoms with Gasteiger partial charge in [-0.1, -0.05) is 0 Å². The fourth-order valence-electron chi connectivity index (χ4n) is 1.19. The van der Waals surface area contributed by atoms with Crippen molar-refractivity contribution in [1.29, 1.82) is 0 Å². The zero-order valence-corrected chi connectivity index (χ0v) is 8.87. The van der Waals surface area contributed by atoms with E-state index >= 15 is 0 Å². The average Bonchev–Trinajstić information content (AvgIpc) is 2.16. The maximum Gasteiger partial charge on any atom is 0.308 e.